The van der Waals surface area contributed by atoms with Crippen LogP contribution in [0.1, 0.15) is 30.0 Å². The van der Waals surface area contributed by atoms with Gasteiger partial charge in [0.1, 0.15) is 0 Å². The van der Waals surface area contributed by atoms with E-state index in [-0.39, 0.29) is 0 Å². The Hall–Kier alpha value is -2.03. The summed E-state index contributed by atoms with van der Waals surface area (Å²) in [4.78, 5) is 4.23. The molecule has 1 unspecified atom stereocenters. The first-order valence-corrected chi connectivity index (χ1v) is 6.72. The summed E-state index contributed by atoms with van der Waals surface area (Å²) in [6.07, 6.45) is 5.30. The van der Waals surface area contributed by atoms with Crippen LogP contribution in [-0.4, -0.2) is 12.1 Å². The van der Waals surface area contributed by atoms with Gasteiger partial charge in [0.25, 0.3) is 0 Å². The molecule has 1 atom stereocenters. The SMILES string of the molecule is COc1ncccc1NC1CCCc2ccccc21. The molecule has 1 aromatic heterocycles. The van der Waals surface area contributed by atoms with Crippen molar-refractivity contribution in [3.8, 4) is 5.88 Å². The lowest BCUT2D eigenvalue weighted by Gasteiger charge is -2.27. The second kappa shape index (κ2) is 5.31. The Bertz CT molecular complexity index is 568. The van der Waals surface area contributed by atoms with Crippen molar-refractivity contribution in [3.05, 3.63) is 53.7 Å². The summed E-state index contributed by atoms with van der Waals surface area (Å²) in [6.45, 7) is 0. The van der Waals surface area contributed by atoms with E-state index in [0.717, 1.165) is 12.1 Å². The van der Waals surface area contributed by atoms with Gasteiger partial charge in [-0.25, -0.2) is 4.98 Å². The zero-order valence-corrected chi connectivity index (χ0v) is 11.1. The third kappa shape index (κ3) is 2.41. The summed E-state index contributed by atoms with van der Waals surface area (Å²) in [5, 5.41) is 3.57. The maximum Gasteiger partial charge on any atom is 0.237 e. The van der Waals surface area contributed by atoms with E-state index in [1.54, 1.807) is 13.3 Å². The lowest BCUT2D eigenvalue weighted by atomic mass is 9.87. The first kappa shape index (κ1) is 12.0. The van der Waals surface area contributed by atoms with Crippen LogP contribution in [-0.2, 0) is 6.42 Å². The number of nitrogens with one attached hydrogen (secondary N) is 1. The molecular weight excluding hydrogens is 236 g/mol. The van der Waals surface area contributed by atoms with E-state index in [0.29, 0.717) is 11.9 Å². The highest BCUT2D eigenvalue weighted by Crippen LogP contribution is 2.34. The average Bonchev–Trinajstić information content (AvgIpc) is 2.48. The zero-order valence-electron chi connectivity index (χ0n) is 11.1. The van der Waals surface area contributed by atoms with Crippen LogP contribution in [0.3, 0.4) is 0 Å². The third-order valence-electron chi connectivity index (χ3n) is 3.66. The predicted molar refractivity (Wildman–Crippen MR) is 76.5 cm³/mol. The highest BCUT2D eigenvalue weighted by Gasteiger charge is 2.20. The minimum absolute atomic E-state index is 0.350. The van der Waals surface area contributed by atoms with E-state index in [4.69, 9.17) is 4.74 Å². The number of methoxy groups -OCH3 is 1. The number of rotatable bonds is 3. The molecule has 3 heteroatoms. The molecule has 0 fully saturated rings. The fraction of sp³-hybridized carbons (Fsp3) is 0.312. The van der Waals surface area contributed by atoms with Gasteiger partial charge in [-0.1, -0.05) is 24.3 Å². The second-order valence-corrected chi connectivity index (χ2v) is 4.85. The molecule has 0 spiro atoms. The minimum atomic E-state index is 0.350. The summed E-state index contributed by atoms with van der Waals surface area (Å²) in [7, 11) is 1.66. The average molecular weight is 254 g/mol. The molecule has 1 N–H and O–H groups in total. The molecule has 0 amide bonds. The first-order chi connectivity index (χ1) is 9.38. The number of anilines is 1. The van der Waals surface area contributed by atoms with E-state index in [1.165, 1.54) is 24.0 Å². The van der Waals surface area contributed by atoms with Gasteiger partial charge < -0.3 is 10.1 Å². The van der Waals surface area contributed by atoms with Crippen molar-refractivity contribution in [2.45, 2.75) is 25.3 Å². The van der Waals surface area contributed by atoms with Crippen molar-refractivity contribution in [3.63, 3.8) is 0 Å². The van der Waals surface area contributed by atoms with Gasteiger partial charge in [-0.05, 0) is 42.5 Å². The summed E-state index contributed by atoms with van der Waals surface area (Å²) in [6, 6.07) is 13.0. The van der Waals surface area contributed by atoms with Gasteiger partial charge >= 0.3 is 0 Å². The maximum atomic E-state index is 5.30. The summed E-state index contributed by atoms with van der Waals surface area (Å²) in [5.74, 6) is 0.658. The Labute approximate surface area is 113 Å². The van der Waals surface area contributed by atoms with Crippen molar-refractivity contribution in [1.82, 2.24) is 4.98 Å². The molecule has 0 bridgehead atoms. The molecule has 1 heterocycles. The van der Waals surface area contributed by atoms with E-state index in [1.807, 2.05) is 12.1 Å². The largest absolute Gasteiger partial charge is 0.480 e. The van der Waals surface area contributed by atoms with Crippen LogP contribution in [0.5, 0.6) is 5.88 Å². The topological polar surface area (TPSA) is 34.1 Å². The summed E-state index contributed by atoms with van der Waals surface area (Å²) >= 11 is 0. The molecule has 1 aliphatic carbocycles. The fourth-order valence-electron chi connectivity index (χ4n) is 2.75. The minimum Gasteiger partial charge on any atom is -0.480 e. The fourth-order valence-corrected chi connectivity index (χ4v) is 2.75. The van der Waals surface area contributed by atoms with Crippen LogP contribution in [0.25, 0.3) is 0 Å². The van der Waals surface area contributed by atoms with Gasteiger partial charge in [0.15, 0.2) is 0 Å². The first-order valence-electron chi connectivity index (χ1n) is 6.72. The van der Waals surface area contributed by atoms with Crippen molar-refractivity contribution in [2.24, 2.45) is 0 Å². The molecule has 3 nitrogen and oxygen atoms in total. The monoisotopic (exact) mass is 254 g/mol. The van der Waals surface area contributed by atoms with Gasteiger partial charge in [-0.2, -0.15) is 0 Å². The zero-order chi connectivity index (χ0) is 13.1. The van der Waals surface area contributed by atoms with Crippen LogP contribution < -0.4 is 10.1 Å². The molecule has 1 aromatic carbocycles. The van der Waals surface area contributed by atoms with Crippen LogP contribution in [0.15, 0.2) is 42.6 Å². The maximum absolute atomic E-state index is 5.30. The lowest BCUT2D eigenvalue weighted by molar-refractivity contribution is 0.399. The van der Waals surface area contributed by atoms with Crippen LogP contribution in [0, 0.1) is 0 Å². The Morgan fingerprint density at radius 3 is 3.00 bits per heavy atom. The molecule has 3 rings (SSSR count). The molecule has 0 saturated heterocycles. The van der Waals surface area contributed by atoms with Crippen molar-refractivity contribution < 1.29 is 4.74 Å². The number of pyridine rings is 1. The molecule has 19 heavy (non-hydrogen) atoms. The Balaban J connectivity index is 1.88. The molecule has 0 radical (unpaired) electrons. The van der Waals surface area contributed by atoms with Gasteiger partial charge in [0.05, 0.1) is 18.8 Å². The quantitative estimate of drug-likeness (QED) is 0.909. The van der Waals surface area contributed by atoms with E-state index in [9.17, 15) is 0 Å². The highest BCUT2D eigenvalue weighted by atomic mass is 16.5. The summed E-state index contributed by atoms with van der Waals surface area (Å²) < 4.78 is 5.30. The summed E-state index contributed by atoms with van der Waals surface area (Å²) in [5.41, 5.74) is 3.82. The molecular formula is C16H18N2O. The van der Waals surface area contributed by atoms with E-state index < -0.39 is 0 Å². The van der Waals surface area contributed by atoms with Crippen molar-refractivity contribution >= 4 is 5.69 Å². The Morgan fingerprint density at radius 2 is 2.11 bits per heavy atom. The van der Waals surface area contributed by atoms with Gasteiger partial charge in [0.2, 0.25) is 5.88 Å². The van der Waals surface area contributed by atoms with Gasteiger partial charge in [-0.3, -0.25) is 0 Å². The lowest BCUT2D eigenvalue weighted by Crippen LogP contribution is -2.17. The number of fused-ring (bicyclic) bond motifs is 1. The number of hydrogen-bond donors (Lipinski definition) is 1. The Kier molecular flexibility index (Phi) is 3.36. The second-order valence-electron chi connectivity index (χ2n) is 4.85. The van der Waals surface area contributed by atoms with Crippen molar-refractivity contribution in [1.29, 1.82) is 0 Å². The standard InChI is InChI=1S/C16H18N2O/c1-19-16-15(10-5-11-17-16)18-14-9-4-7-12-6-2-3-8-13(12)14/h2-3,5-6,8,10-11,14,18H,4,7,9H2,1H3. The molecule has 0 saturated carbocycles. The molecule has 98 valence electrons. The molecule has 1 aliphatic rings. The van der Waals surface area contributed by atoms with Gasteiger partial charge in [0, 0.05) is 6.20 Å². The highest BCUT2D eigenvalue weighted by molar-refractivity contribution is 5.54. The normalized spacial score (nSPS) is 17.6. The number of hydrogen-bond acceptors (Lipinski definition) is 3. The van der Waals surface area contributed by atoms with Crippen LogP contribution in [0.2, 0.25) is 0 Å². The Morgan fingerprint density at radius 1 is 1.21 bits per heavy atom. The smallest absolute Gasteiger partial charge is 0.237 e. The predicted octanol–water partition coefficient (Wildman–Crippen LogP) is 3.58. The van der Waals surface area contributed by atoms with E-state index >= 15 is 0 Å². The van der Waals surface area contributed by atoms with Crippen LogP contribution in [0.4, 0.5) is 5.69 Å². The number of aryl methyl sites for hydroxylation is 1. The molecule has 2 aromatic rings. The van der Waals surface area contributed by atoms with Gasteiger partial charge in [-0.15, -0.1) is 0 Å². The number of aromatic nitrogens is 1. The molecule has 0 aliphatic heterocycles. The number of ether oxygens (including phenoxy) is 1. The number of nitrogens with zero attached hydrogens (tertiary/aromatic N) is 1. The van der Waals surface area contributed by atoms with E-state index in [2.05, 4.69) is 34.6 Å². The third-order valence-corrected chi connectivity index (χ3v) is 3.66. The van der Waals surface area contributed by atoms with Crippen LogP contribution >= 0.6 is 0 Å². The van der Waals surface area contributed by atoms with Crippen molar-refractivity contribution in [2.75, 3.05) is 12.4 Å². The number of benzene rings is 1.